The van der Waals surface area contributed by atoms with E-state index in [1.54, 1.807) is 6.20 Å². The van der Waals surface area contributed by atoms with E-state index in [1.165, 1.54) is 32.4 Å². The maximum atomic E-state index is 5.67. The second-order valence-electron chi connectivity index (χ2n) is 6.85. The predicted octanol–water partition coefficient (Wildman–Crippen LogP) is 3.31. The van der Waals surface area contributed by atoms with Crippen molar-refractivity contribution in [1.82, 2.24) is 9.88 Å². The number of hydrogen-bond acceptors (Lipinski definition) is 3. The molecule has 0 radical (unpaired) electrons. The van der Waals surface area contributed by atoms with Crippen molar-refractivity contribution in [2.75, 3.05) is 18.8 Å². The average Bonchev–Trinajstić information content (AvgIpc) is 2.57. The summed E-state index contributed by atoms with van der Waals surface area (Å²) in [5.74, 6) is 0.844. The first kappa shape index (κ1) is 14.3. The Morgan fingerprint density at radius 2 is 2.05 bits per heavy atom. The molecule has 1 aromatic rings. The molecule has 2 N–H and O–H groups in total. The lowest BCUT2D eigenvalue weighted by atomic mass is 9.77. The lowest BCUT2D eigenvalue weighted by molar-refractivity contribution is 0.206. The van der Waals surface area contributed by atoms with Gasteiger partial charge in [0.2, 0.25) is 0 Å². The van der Waals surface area contributed by atoms with Gasteiger partial charge in [0.1, 0.15) is 0 Å². The second kappa shape index (κ2) is 5.91. The van der Waals surface area contributed by atoms with Crippen LogP contribution in [0.2, 0.25) is 0 Å². The number of aromatic nitrogens is 1. The van der Waals surface area contributed by atoms with Crippen molar-refractivity contribution in [2.45, 2.75) is 46.6 Å². The van der Waals surface area contributed by atoms with E-state index in [1.807, 2.05) is 12.1 Å². The minimum atomic E-state index is 0.440. The number of likely N-dealkylation sites (tertiary alicyclic amines) is 1. The SMILES string of the molecule is CC(C)(C)C1CCCN(Cc2ccc(N)cn2)CC1. The van der Waals surface area contributed by atoms with Gasteiger partial charge < -0.3 is 5.73 Å². The first-order valence-electron chi connectivity index (χ1n) is 7.38. The minimum absolute atomic E-state index is 0.440. The van der Waals surface area contributed by atoms with Crippen LogP contribution in [-0.4, -0.2) is 23.0 Å². The molecular formula is C16H27N3. The fraction of sp³-hybridized carbons (Fsp3) is 0.688. The van der Waals surface area contributed by atoms with E-state index in [0.717, 1.165) is 23.8 Å². The topological polar surface area (TPSA) is 42.1 Å². The zero-order chi connectivity index (χ0) is 13.9. The molecule has 19 heavy (non-hydrogen) atoms. The fourth-order valence-electron chi connectivity index (χ4n) is 2.94. The van der Waals surface area contributed by atoms with Crippen molar-refractivity contribution in [3.05, 3.63) is 24.0 Å². The average molecular weight is 261 g/mol. The summed E-state index contributed by atoms with van der Waals surface area (Å²) >= 11 is 0. The number of hydrogen-bond donors (Lipinski definition) is 1. The molecule has 1 aliphatic heterocycles. The van der Waals surface area contributed by atoms with Gasteiger partial charge in [0.25, 0.3) is 0 Å². The highest BCUT2D eigenvalue weighted by Crippen LogP contribution is 2.34. The molecule has 106 valence electrons. The van der Waals surface area contributed by atoms with E-state index in [9.17, 15) is 0 Å². The van der Waals surface area contributed by atoms with E-state index in [0.29, 0.717) is 5.41 Å². The maximum absolute atomic E-state index is 5.67. The number of rotatable bonds is 2. The van der Waals surface area contributed by atoms with Crippen molar-refractivity contribution in [3.8, 4) is 0 Å². The van der Waals surface area contributed by atoms with Gasteiger partial charge in [-0.2, -0.15) is 0 Å². The third-order valence-corrected chi connectivity index (χ3v) is 4.28. The Balaban J connectivity index is 1.91. The molecule has 1 aliphatic rings. The van der Waals surface area contributed by atoms with Gasteiger partial charge in [0, 0.05) is 6.54 Å². The van der Waals surface area contributed by atoms with Crippen LogP contribution in [0.1, 0.15) is 45.7 Å². The van der Waals surface area contributed by atoms with Gasteiger partial charge in [-0.05, 0) is 55.8 Å². The van der Waals surface area contributed by atoms with Gasteiger partial charge in [-0.15, -0.1) is 0 Å². The largest absolute Gasteiger partial charge is 0.397 e. The van der Waals surface area contributed by atoms with Gasteiger partial charge in [0.15, 0.2) is 0 Å². The van der Waals surface area contributed by atoms with Gasteiger partial charge in [0.05, 0.1) is 17.6 Å². The molecule has 0 aliphatic carbocycles. The van der Waals surface area contributed by atoms with Crippen LogP contribution in [0.4, 0.5) is 5.69 Å². The van der Waals surface area contributed by atoms with Crippen molar-refractivity contribution < 1.29 is 0 Å². The van der Waals surface area contributed by atoms with Crippen LogP contribution in [0.25, 0.3) is 0 Å². The summed E-state index contributed by atoms with van der Waals surface area (Å²) in [7, 11) is 0. The summed E-state index contributed by atoms with van der Waals surface area (Å²) in [5, 5.41) is 0. The highest BCUT2D eigenvalue weighted by atomic mass is 15.1. The van der Waals surface area contributed by atoms with E-state index in [4.69, 9.17) is 5.73 Å². The molecule has 1 aromatic heterocycles. The predicted molar refractivity (Wildman–Crippen MR) is 80.7 cm³/mol. The van der Waals surface area contributed by atoms with Crippen LogP contribution in [0.3, 0.4) is 0 Å². The van der Waals surface area contributed by atoms with E-state index < -0.39 is 0 Å². The number of nitrogens with zero attached hydrogens (tertiary/aromatic N) is 2. The molecule has 1 atom stereocenters. The second-order valence-corrected chi connectivity index (χ2v) is 6.85. The Labute approximate surface area is 117 Å². The molecule has 3 heteroatoms. The summed E-state index contributed by atoms with van der Waals surface area (Å²) in [6.45, 7) is 10.4. The molecule has 0 spiro atoms. The summed E-state index contributed by atoms with van der Waals surface area (Å²) in [6, 6.07) is 3.99. The maximum Gasteiger partial charge on any atom is 0.0545 e. The van der Waals surface area contributed by atoms with E-state index in [-0.39, 0.29) is 0 Å². The Bertz CT molecular complexity index is 391. The zero-order valence-electron chi connectivity index (χ0n) is 12.5. The Morgan fingerprint density at radius 1 is 1.26 bits per heavy atom. The van der Waals surface area contributed by atoms with Crippen molar-refractivity contribution in [1.29, 1.82) is 0 Å². The van der Waals surface area contributed by atoms with Gasteiger partial charge >= 0.3 is 0 Å². The molecule has 0 amide bonds. The Hall–Kier alpha value is -1.09. The van der Waals surface area contributed by atoms with Crippen molar-refractivity contribution >= 4 is 5.69 Å². The molecule has 1 unspecified atom stereocenters. The number of pyridine rings is 1. The van der Waals surface area contributed by atoms with Crippen LogP contribution in [0.15, 0.2) is 18.3 Å². The lowest BCUT2D eigenvalue weighted by Gasteiger charge is -2.29. The first-order chi connectivity index (χ1) is 8.95. The molecule has 3 nitrogen and oxygen atoms in total. The number of nitrogen functional groups attached to an aromatic ring is 1. The molecule has 0 bridgehead atoms. The van der Waals surface area contributed by atoms with Crippen LogP contribution in [-0.2, 0) is 6.54 Å². The van der Waals surface area contributed by atoms with Crippen molar-refractivity contribution in [3.63, 3.8) is 0 Å². The molecule has 2 heterocycles. The van der Waals surface area contributed by atoms with E-state index >= 15 is 0 Å². The normalized spacial score (nSPS) is 22.2. The summed E-state index contributed by atoms with van der Waals surface area (Å²) < 4.78 is 0. The number of nitrogens with two attached hydrogens (primary N) is 1. The zero-order valence-corrected chi connectivity index (χ0v) is 12.5. The summed E-state index contributed by atoms with van der Waals surface area (Å²) in [4.78, 5) is 6.94. The van der Waals surface area contributed by atoms with Gasteiger partial charge in [-0.25, -0.2) is 0 Å². The van der Waals surface area contributed by atoms with Crippen LogP contribution in [0, 0.1) is 11.3 Å². The number of anilines is 1. The molecular weight excluding hydrogens is 234 g/mol. The standard InChI is InChI=1S/C16H27N3/c1-16(2,3)13-5-4-9-19(10-8-13)12-15-7-6-14(17)11-18-15/h6-7,11,13H,4-5,8-10,12,17H2,1-3H3. The van der Waals surface area contributed by atoms with E-state index in [2.05, 4.69) is 30.7 Å². The fourth-order valence-corrected chi connectivity index (χ4v) is 2.94. The minimum Gasteiger partial charge on any atom is -0.397 e. The summed E-state index contributed by atoms with van der Waals surface area (Å²) in [5.41, 5.74) is 7.99. The third-order valence-electron chi connectivity index (χ3n) is 4.28. The van der Waals surface area contributed by atoms with Crippen LogP contribution < -0.4 is 5.73 Å². The molecule has 0 saturated carbocycles. The molecule has 1 saturated heterocycles. The Kier molecular flexibility index (Phi) is 4.46. The quantitative estimate of drug-likeness (QED) is 0.888. The van der Waals surface area contributed by atoms with Crippen LogP contribution >= 0.6 is 0 Å². The van der Waals surface area contributed by atoms with Gasteiger partial charge in [-0.3, -0.25) is 9.88 Å². The third kappa shape index (κ3) is 4.20. The Morgan fingerprint density at radius 3 is 2.68 bits per heavy atom. The highest BCUT2D eigenvalue weighted by molar-refractivity contribution is 5.34. The van der Waals surface area contributed by atoms with Crippen molar-refractivity contribution in [2.24, 2.45) is 11.3 Å². The molecule has 0 aromatic carbocycles. The smallest absolute Gasteiger partial charge is 0.0545 e. The molecule has 2 rings (SSSR count). The lowest BCUT2D eigenvalue weighted by Crippen LogP contribution is -2.26. The monoisotopic (exact) mass is 261 g/mol. The van der Waals surface area contributed by atoms with Crippen LogP contribution in [0.5, 0.6) is 0 Å². The summed E-state index contributed by atoms with van der Waals surface area (Å²) in [6.07, 6.45) is 5.72. The van der Waals surface area contributed by atoms with Gasteiger partial charge in [-0.1, -0.05) is 20.8 Å². The first-order valence-corrected chi connectivity index (χ1v) is 7.38. The molecule has 1 fully saturated rings. The highest BCUT2D eigenvalue weighted by Gasteiger charge is 2.26.